The molecule has 1 fully saturated rings. The van der Waals surface area contributed by atoms with Crippen LogP contribution in [-0.4, -0.2) is 42.3 Å². The van der Waals surface area contributed by atoms with Crippen molar-refractivity contribution in [3.05, 3.63) is 16.7 Å². The van der Waals surface area contributed by atoms with Crippen LogP contribution in [0.15, 0.2) is 11.1 Å². The van der Waals surface area contributed by atoms with Crippen molar-refractivity contribution in [1.82, 2.24) is 9.97 Å². The number of aromatic amines is 1. The van der Waals surface area contributed by atoms with Gasteiger partial charge >= 0.3 is 0 Å². The van der Waals surface area contributed by atoms with E-state index < -0.39 is 0 Å². The van der Waals surface area contributed by atoms with E-state index in [1.165, 1.54) is 6.33 Å². The number of rotatable bonds is 3. The third-order valence-electron chi connectivity index (χ3n) is 3.65. The quantitative estimate of drug-likeness (QED) is 0.656. The molecule has 0 unspecified atom stereocenters. The molecule has 7 nitrogen and oxygen atoms in total. The maximum atomic E-state index is 11.4. The Kier molecular flexibility index (Phi) is 3.53. The van der Waals surface area contributed by atoms with Gasteiger partial charge in [-0.3, -0.25) is 4.79 Å². The van der Waals surface area contributed by atoms with Gasteiger partial charge in [0.25, 0.3) is 5.56 Å². The Labute approximate surface area is 105 Å². The van der Waals surface area contributed by atoms with Gasteiger partial charge in [-0.15, -0.1) is 0 Å². The van der Waals surface area contributed by atoms with E-state index in [-0.39, 0.29) is 16.8 Å². The maximum absolute atomic E-state index is 11.4. The van der Waals surface area contributed by atoms with Crippen molar-refractivity contribution in [3.8, 4) is 0 Å². The van der Waals surface area contributed by atoms with Gasteiger partial charge < -0.3 is 26.1 Å². The van der Waals surface area contributed by atoms with Crippen molar-refractivity contribution in [2.75, 3.05) is 37.4 Å². The highest BCUT2D eigenvalue weighted by Crippen LogP contribution is 2.28. The predicted molar refractivity (Wildman–Crippen MR) is 69.5 cm³/mol. The summed E-state index contributed by atoms with van der Waals surface area (Å²) in [7, 11) is 1.68. The minimum atomic E-state index is -0.303. The first-order valence-electron chi connectivity index (χ1n) is 5.95. The largest absolute Gasteiger partial charge is 0.391 e. The van der Waals surface area contributed by atoms with Crippen LogP contribution in [0.4, 0.5) is 11.5 Å². The molecule has 0 aliphatic carbocycles. The average molecular weight is 253 g/mol. The van der Waals surface area contributed by atoms with Crippen LogP contribution in [0.3, 0.4) is 0 Å². The molecule has 2 rings (SSSR count). The van der Waals surface area contributed by atoms with Crippen LogP contribution in [0.2, 0.25) is 0 Å². The van der Waals surface area contributed by atoms with E-state index in [2.05, 4.69) is 9.97 Å². The summed E-state index contributed by atoms with van der Waals surface area (Å²) in [5, 5.41) is 0. The topological polar surface area (TPSA) is 110 Å². The molecule has 0 radical (unpaired) electrons. The fourth-order valence-corrected chi connectivity index (χ4v) is 2.27. The summed E-state index contributed by atoms with van der Waals surface area (Å²) in [6.07, 6.45) is 2.97. The van der Waals surface area contributed by atoms with E-state index >= 15 is 0 Å². The Morgan fingerprint density at radius 2 is 2.22 bits per heavy atom. The number of nitrogens with two attached hydrogens (primary N) is 2. The molecule has 0 atom stereocenters. The average Bonchev–Trinajstić information content (AvgIpc) is 2.42. The third-order valence-corrected chi connectivity index (χ3v) is 3.65. The van der Waals surface area contributed by atoms with E-state index in [4.69, 9.17) is 16.2 Å². The monoisotopic (exact) mass is 253 g/mol. The minimum Gasteiger partial charge on any atom is -0.391 e. The molecule has 2 heterocycles. The van der Waals surface area contributed by atoms with Crippen LogP contribution in [-0.2, 0) is 4.74 Å². The maximum Gasteiger partial charge on any atom is 0.276 e. The van der Waals surface area contributed by atoms with Gasteiger partial charge in [0.1, 0.15) is 5.69 Å². The van der Waals surface area contributed by atoms with Gasteiger partial charge in [-0.25, -0.2) is 4.98 Å². The zero-order valence-electron chi connectivity index (χ0n) is 10.5. The molecule has 0 aromatic carbocycles. The summed E-state index contributed by atoms with van der Waals surface area (Å²) in [5.41, 5.74) is 11.1. The van der Waals surface area contributed by atoms with Crippen molar-refractivity contribution in [2.45, 2.75) is 18.4 Å². The second-order valence-electron chi connectivity index (χ2n) is 4.55. The number of hydrogen-bond acceptors (Lipinski definition) is 6. The zero-order chi connectivity index (χ0) is 13.2. The van der Waals surface area contributed by atoms with Crippen molar-refractivity contribution < 1.29 is 4.74 Å². The van der Waals surface area contributed by atoms with Crippen LogP contribution < -0.4 is 21.9 Å². The smallest absolute Gasteiger partial charge is 0.276 e. The molecule has 5 N–H and O–H groups in total. The molecule has 0 spiro atoms. The van der Waals surface area contributed by atoms with E-state index in [9.17, 15) is 4.79 Å². The summed E-state index contributed by atoms with van der Waals surface area (Å²) >= 11 is 0. The molecule has 1 aromatic rings. The number of nitrogen functional groups attached to an aromatic ring is 1. The van der Waals surface area contributed by atoms with Gasteiger partial charge in [0.15, 0.2) is 5.82 Å². The lowest BCUT2D eigenvalue weighted by atomic mass is 9.91. The van der Waals surface area contributed by atoms with E-state index in [1.54, 1.807) is 7.11 Å². The Hall–Kier alpha value is -1.60. The first kappa shape index (κ1) is 12.8. The van der Waals surface area contributed by atoms with Crippen LogP contribution in [0.5, 0.6) is 0 Å². The Morgan fingerprint density at radius 3 is 2.78 bits per heavy atom. The Balaban J connectivity index is 2.15. The minimum absolute atomic E-state index is 0.162. The van der Waals surface area contributed by atoms with Crippen LogP contribution in [0.1, 0.15) is 12.8 Å². The number of nitrogens with one attached hydrogen (secondary N) is 1. The number of H-pyrrole nitrogens is 1. The normalized spacial score (nSPS) is 18.9. The third kappa shape index (κ3) is 2.19. The molecule has 0 bridgehead atoms. The highest BCUT2D eigenvalue weighted by Gasteiger charge is 2.34. The second-order valence-corrected chi connectivity index (χ2v) is 4.55. The van der Waals surface area contributed by atoms with Gasteiger partial charge in [0, 0.05) is 26.7 Å². The lowest BCUT2D eigenvalue weighted by Crippen LogP contribution is -2.50. The molecule has 1 aliphatic rings. The van der Waals surface area contributed by atoms with E-state index in [0.717, 1.165) is 25.9 Å². The zero-order valence-corrected chi connectivity index (χ0v) is 10.5. The van der Waals surface area contributed by atoms with Gasteiger partial charge in [0.2, 0.25) is 0 Å². The molecule has 1 aliphatic heterocycles. The number of methoxy groups -OCH3 is 1. The van der Waals surface area contributed by atoms with Crippen LogP contribution in [0.25, 0.3) is 0 Å². The lowest BCUT2D eigenvalue weighted by molar-refractivity contribution is -0.0216. The molecule has 7 heteroatoms. The van der Waals surface area contributed by atoms with Crippen molar-refractivity contribution in [2.24, 2.45) is 5.73 Å². The first-order valence-corrected chi connectivity index (χ1v) is 5.95. The number of nitrogens with zero attached hydrogens (tertiary/aromatic N) is 2. The van der Waals surface area contributed by atoms with Crippen molar-refractivity contribution in [3.63, 3.8) is 0 Å². The van der Waals surface area contributed by atoms with Crippen molar-refractivity contribution in [1.29, 1.82) is 0 Å². The molecular weight excluding hydrogens is 234 g/mol. The first-order chi connectivity index (χ1) is 8.62. The number of anilines is 2. The molecule has 0 amide bonds. The molecule has 100 valence electrons. The predicted octanol–water partition coefficient (Wildman–Crippen LogP) is -0.704. The molecule has 1 saturated heterocycles. The molecular formula is C11H19N5O2. The molecule has 1 aromatic heterocycles. The van der Waals surface area contributed by atoms with Gasteiger partial charge in [-0.1, -0.05) is 0 Å². The van der Waals surface area contributed by atoms with Crippen LogP contribution in [0, 0.1) is 0 Å². The van der Waals surface area contributed by atoms with E-state index in [0.29, 0.717) is 12.4 Å². The van der Waals surface area contributed by atoms with Gasteiger partial charge in [-0.2, -0.15) is 0 Å². The fraction of sp³-hybridized carbons (Fsp3) is 0.636. The summed E-state index contributed by atoms with van der Waals surface area (Å²) in [4.78, 5) is 20.0. The standard InChI is InChI=1S/C11H19N5O2/c1-18-11(6-12)2-4-16(5-3-11)9-8(13)10(17)15-7-14-9/h7H,2-6,12-13H2,1H3,(H,14,15,17). The number of hydrogen-bond donors (Lipinski definition) is 3. The summed E-state index contributed by atoms with van der Waals surface area (Å²) < 4.78 is 5.49. The summed E-state index contributed by atoms with van der Waals surface area (Å²) in [5.74, 6) is 0.542. The summed E-state index contributed by atoms with van der Waals surface area (Å²) in [6, 6.07) is 0. The lowest BCUT2D eigenvalue weighted by Gasteiger charge is -2.40. The van der Waals surface area contributed by atoms with Crippen LogP contribution >= 0.6 is 0 Å². The number of piperidine rings is 1. The van der Waals surface area contributed by atoms with Gasteiger partial charge in [0.05, 0.1) is 11.9 Å². The van der Waals surface area contributed by atoms with Crippen molar-refractivity contribution >= 4 is 11.5 Å². The Bertz CT molecular complexity index is 459. The second kappa shape index (κ2) is 4.95. The highest BCUT2D eigenvalue weighted by atomic mass is 16.5. The van der Waals surface area contributed by atoms with Gasteiger partial charge in [-0.05, 0) is 12.8 Å². The molecule has 18 heavy (non-hydrogen) atoms. The fourth-order valence-electron chi connectivity index (χ4n) is 2.27. The molecule has 0 saturated carbocycles. The Morgan fingerprint density at radius 1 is 1.56 bits per heavy atom. The number of aromatic nitrogens is 2. The number of ether oxygens (including phenoxy) is 1. The van der Waals surface area contributed by atoms with E-state index in [1.807, 2.05) is 4.90 Å². The highest BCUT2D eigenvalue weighted by molar-refractivity contribution is 5.61. The summed E-state index contributed by atoms with van der Waals surface area (Å²) in [6.45, 7) is 1.95. The SMILES string of the molecule is COC1(CN)CCN(c2nc[nH]c(=O)c2N)CC1.